The Kier molecular flexibility index (Phi) is 50.2. The van der Waals surface area contributed by atoms with Crippen molar-refractivity contribution in [3.63, 3.8) is 0 Å². The van der Waals surface area contributed by atoms with E-state index in [1.165, 1.54) is 128 Å². The van der Waals surface area contributed by atoms with E-state index in [1.54, 1.807) is 6.08 Å². The molecule has 0 aromatic heterocycles. The first kappa shape index (κ1) is 84.9. The van der Waals surface area contributed by atoms with Crippen molar-refractivity contribution in [1.82, 2.24) is 5.32 Å². The second-order valence-corrected chi connectivity index (χ2v) is 25.6. The monoisotopic (exact) mass is 1330 g/mol. The van der Waals surface area contributed by atoms with Gasteiger partial charge in [-0.1, -0.05) is 239 Å². The maximum absolute atomic E-state index is 13.4. The second-order valence-electron chi connectivity index (χ2n) is 25.6. The summed E-state index contributed by atoms with van der Waals surface area (Å²) in [4.78, 5) is 13.4. The Balaban J connectivity index is 1.38. The minimum atomic E-state index is -1.99. The quantitative estimate of drug-likeness (QED) is 0.0199. The van der Waals surface area contributed by atoms with Crippen LogP contribution in [-0.4, -0.2) is 193 Å². The van der Waals surface area contributed by atoms with E-state index < -0.39 is 124 Å². The molecule has 12 N–H and O–H groups in total. The van der Waals surface area contributed by atoms with Crippen molar-refractivity contribution in [2.24, 2.45) is 0 Å². The lowest BCUT2D eigenvalue weighted by Crippen LogP contribution is -2.66. The third-order valence-electron chi connectivity index (χ3n) is 17.6. The number of aliphatic hydroxyl groups is 11. The Labute approximate surface area is 564 Å². The van der Waals surface area contributed by atoms with Gasteiger partial charge in [0.2, 0.25) is 5.91 Å². The van der Waals surface area contributed by atoms with Gasteiger partial charge in [-0.25, -0.2) is 0 Å². The molecule has 3 rings (SSSR count). The van der Waals surface area contributed by atoms with E-state index in [4.69, 9.17) is 28.4 Å². The highest BCUT2D eigenvalue weighted by atomic mass is 16.8. The SMILES string of the molecule is CC/C=C\C/C=C\C/C=C\C/C=C\C/C=C\CCCCCCCCCCCCCCCCCCCC(=O)NC(COC1OC(CO)C(OC2OC(CO)C(OC3OC(CO)C(O)C(O)C3O)C(O)C2O)C(O)C1O)C(O)/C=C/CC/C=C/CC/C=C/CCCCCCCC. The fraction of sp³-hybridized carbons (Fsp3) is 0.773. The summed E-state index contributed by atoms with van der Waals surface area (Å²) in [6.07, 6.45) is 46.8. The van der Waals surface area contributed by atoms with Gasteiger partial charge < -0.3 is 89.9 Å². The van der Waals surface area contributed by atoms with E-state index in [9.17, 15) is 61.0 Å². The molecule has 0 spiro atoms. The van der Waals surface area contributed by atoms with Gasteiger partial charge in [0.25, 0.3) is 0 Å². The molecule has 0 bridgehead atoms. The number of aliphatic hydroxyl groups excluding tert-OH is 11. The van der Waals surface area contributed by atoms with Gasteiger partial charge in [-0.2, -0.15) is 0 Å². The van der Waals surface area contributed by atoms with Crippen LogP contribution in [0.4, 0.5) is 0 Å². The van der Waals surface area contributed by atoms with E-state index in [0.717, 1.165) is 77.0 Å². The molecule has 17 unspecified atom stereocenters. The van der Waals surface area contributed by atoms with Crippen LogP contribution in [0.3, 0.4) is 0 Å². The first-order chi connectivity index (χ1) is 45.8. The summed E-state index contributed by atoms with van der Waals surface area (Å²) in [5, 5.41) is 121. The average molecular weight is 1330 g/mol. The molecule has 3 saturated heterocycles. The van der Waals surface area contributed by atoms with Gasteiger partial charge in [0.15, 0.2) is 18.9 Å². The van der Waals surface area contributed by atoms with Crippen molar-refractivity contribution in [2.75, 3.05) is 26.4 Å². The molecule has 3 heterocycles. The molecule has 3 aliphatic heterocycles. The Morgan fingerprint density at radius 2 is 0.745 bits per heavy atom. The maximum Gasteiger partial charge on any atom is 0.220 e. The van der Waals surface area contributed by atoms with Crippen molar-refractivity contribution in [2.45, 2.75) is 343 Å². The third-order valence-corrected chi connectivity index (χ3v) is 17.6. The number of hydrogen-bond donors (Lipinski definition) is 12. The normalized spacial score (nSPS) is 27.9. The molecule has 0 saturated carbocycles. The Morgan fingerprint density at radius 3 is 1.19 bits per heavy atom. The lowest BCUT2D eigenvalue weighted by atomic mass is 9.96. The number of hydrogen-bond acceptors (Lipinski definition) is 18. The minimum absolute atomic E-state index is 0.228. The fourth-order valence-corrected chi connectivity index (χ4v) is 11.7. The lowest BCUT2D eigenvalue weighted by Gasteiger charge is -2.48. The van der Waals surface area contributed by atoms with Crippen LogP contribution in [-0.2, 0) is 33.2 Å². The van der Waals surface area contributed by atoms with Crippen LogP contribution >= 0.6 is 0 Å². The predicted octanol–water partition coefficient (Wildman–Crippen LogP) is 10.4. The number of rotatable bonds is 55. The predicted molar refractivity (Wildman–Crippen MR) is 369 cm³/mol. The van der Waals surface area contributed by atoms with Crippen molar-refractivity contribution < 1.29 is 89.4 Å². The number of allylic oxidation sites excluding steroid dienone is 15. The summed E-state index contributed by atoms with van der Waals surface area (Å²) in [5.41, 5.74) is 0. The zero-order valence-corrected chi connectivity index (χ0v) is 57.4. The number of unbranched alkanes of at least 4 members (excludes halogenated alkanes) is 25. The van der Waals surface area contributed by atoms with Crippen molar-refractivity contribution in [3.8, 4) is 0 Å². The average Bonchev–Trinajstić information content (AvgIpc) is 0.787. The lowest BCUT2D eigenvalue weighted by molar-refractivity contribution is -0.379. The molecule has 1 amide bonds. The Bertz CT molecular complexity index is 2080. The number of ether oxygens (including phenoxy) is 6. The number of nitrogens with one attached hydrogen (secondary N) is 1. The first-order valence-electron chi connectivity index (χ1n) is 36.5. The molecular formula is C75H129NO18. The summed E-state index contributed by atoms with van der Waals surface area (Å²) in [5.74, 6) is -0.292. The third kappa shape index (κ3) is 36.5. The summed E-state index contributed by atoms with van der Waals surface area (Å²) < 4.78 is 34.3. The molecule has 0 radical (unpaired) electrons. The largest absolute Gasteiger partial charge is 0.394 e. The number of carbonyl (C=O) groups excluding carboxylic acids is 1. The minimum Gasteiger partial charge on any atom is -0.394 e. The Morgan fingerprint density at radius 1 is 0.394 bits per heavy atom. The maximum atomic E-state index is 13.4. The van der Waals surface area contributed by atoms with Crippen LogP contribution < -0.4 is 5.32 Å². The van der Waals surface area contributed by atoms with Crippen molar-refractivity contribution in [1.29, 1.82) is 0 Å². The highest BCUT2D eigenvalue weighted by Crippen LogP contribution is 2.33. The molecule has 0 aliphatic carbocycles. The summed E-state index contributed by atoms with van der Waals surface area (Å²) in [6.45, 7) is 1.58. The zero-order valence-electron chi connectivity index (χ0n) is 57.4. The van der Waals surface area contributed by atoms with Crippen molar-refractivity contribution >= 4 is 5.91 Å². The van der Waals surface area contributed by atoms with Gasteiger partial charge in [0, 0.05) is 6.42 Å². The highest BCUT2D eigenvalue weighted by Gasteiger charge is 2.53. The van der Waals surface area contributed by atoms with E-state index in [2.05, 4.69) is 104 Å². The molecular weight excluding hydrogens is 1200 g/mol. The van der Waals surface area contributed by atoms with Gasteiger partial charge in [-0.05, 0) is 89.9 Å². The topological polar surface area (TPSA) is 307 Å². The Hall–Kier alpha value is -3.29. The van der Waals surface area contributed by atoms with Crippen LogP contribution in [0.1, 0.15) is 239 Å². The van der Waals surface area contributed by atoms with Gasteiger partial charge in [0.05, 0.1) is 38.6 Å². The summed E-state index contributed by atoms with van der Waals surface area (Å²) in [6, 6.07) is -1.00. The van der Waals surface area contributed by atoms with Gasteiger partial charge in [0.1, 0.15) is 73.2 Å². The molecule has 19 heteroatoms. The zero-order chi connectivity index (χ0) is 68.2. The van der Waals surface area contributed by atoms with Crippen molar-refractivity contribution in [3.05, 3.63) is 97.2 Å². The van der Waals surface area contributed by atoms with Crippen LogP contribution in [0.15, 0.2) is 97.2 Å². The molecule has 94 heavy (non-hydrogen) atoms. The van der Waals surface area contributed by atoms with Gasteiger partial charge >= 0.3 is 0 Å². The summed E-state index contributed by atoms with van der Waals surface area (Å²) >= 11 is 0. The highest BCUT2D eigenvalue weighted by molar-refractivity contribution is 5.76. The fourth-order valence-electron chi connectivity index (χ4n) is 11.7. The summed E-state index contributed by atoms with van der Waals surface area (Å²) in [7, 11) is 0. The standard InChI is InChI=1S/C75H129NO18/c1-3-5-7-9-11-13-15-17-19-21-22-23-24-25-26-27-28-29-30-31-32-33-34-35-36-37-39-41-43-45-47-49-51-53-63(81)76-58(59(80)52-50-48-46-44-42-40-38-20-18-16-14-12-10-8-6-4-2)57-89-73-69(87)66(84)71(61(55-78)91-73)94-75-70(88)67(85)72(62(56-79)92-75)93-74-68(86)65(83)64(82)60(54-77)90-74/h5,7,11,13,17-20,22-23,25-26,42,44,50,52,58-62,64-75,77-80,82-88H,3-4,6,8-10,12,14-16,21,24,27-41,43,45-49,51,53-57H2,1-2H3,(H,76,81)/b7-5-,13-11-,19-17-,20-18+,23-22-,26-25-,44-42+,52-50+. The molecule has 0 aromatic rings. The molecule has 3 aliphatic rings. The molecule has 542 valence electrons. The van der Waals surface area contributed by atoms with Gasteiger partial charge in [-0.3, -0.25) is 4.79 Å². The van der Waals surface area contributed by atoms with E-state index in [0.29, 0.717) is 12.8 Å². The van der Waals surface area contributed by atoms with Gasteiger partial charge in [-0.15, -0.1) is 0 Å². The second kappa shape index (κ2) is 55.6. The first-order valence-corrected chi connectivity index (χ1v) is 36.5. The number of carbonyl (C=O) groups is 1. The van der Waals surface area contributed by atoms with E-state index >= 15 is 0 Å². The van der Waals surface area contributed by atoms with Crippen LogP contribution in [0.2, 0.25) is 0 Å². The van der Waals surface area contributed by atoms with Crippen LogP contribution in [0.5, 0.6) is 0 Å². The smallest absolute Gasteiger partial charge is 0.220 e. The molecule has 19 nitrogen and oxygen atoms in total. The molecule has 17 atom stereocenters. The molecule has 3 fully saturated rings. The van der Waals surface area contributed by atoms with E-state index in [1.807, 2.05) is 6.08 Å². The number of amides is 1. The van der Waals surface area contributed by atoms with Crippen LogP contribution in [0, 0.1) is 0 Å². The van der Waals surface area contributed by atoms with E-state index in [-0.39, 0.29) is 18.9 Å². The molecule has 0 aromatic carbocycles. The van der Waals surface area contributed by atoms with Crippen LogP contribution in [0.25, 0.3) is 0 Å².